The average molecular weight is 300 g/mol. The summed E-state index contributed by atoms with van der Waals surface area (Å²) in [5.41, 5.74) is -0.140. The minimum absolute atomic E-state index is 0.140. The number of ether oxygens (including phenoxy) is 1. The average Bonchev–Trinajstić information content (AvgIpc) is 2.44. The number of piperazine rings is 1. The Morgan fingerprint density at radius 3 is 2.60 bits per heavy atom. The van der Waals surface area contributed by atoms with Crippen LogP contribution in [0, 0.1) is 5.92 Å². The Hall–Kier alpha value is -0.260. The van der Waals surface area contributed by atoms with Crippen LogP contribution in [0.2, 0.25) is 0 Å². The standard InChI is InChI=1S/C15H28N2O2S/c1-15(2)12-13(4-10-19-15)14(18)17-7-5-16(6-8-17)9-11-20-3/h13H,4-12H2,1-3H3/t13-/m0/s1. The van der Waals surface area contributed by atoms with Gasteiger partial charge in [-0.15, -0.1) is 0 Å². The first-order chi connectivity index (χ1) is 9.52. The second-order valence-corrected chi connectivity index (χ2v) is 7.44. The first-order valence-electron chi connectivity index (χ1n) is 7.66. The third kappa shape index (κ3) is 4.37. The summed E-state index contributed by atoms with van der Waals surface area (Å²) < 4.78 is 5.71. The summed E-state index contributed by atoms with van der Waals surface area (Å²) in [7, 11) is 0. The molecule has 2 fully saturated rings. The molecule has 116 valence electrons. The zero-order valence-electron chi connectivity index (χ0n) is 13.1. The lowest BCUT2D eigenvalue weighted by molar-refractivity contribution is -0.147. The minimum Gasteiger partial charge on any atom is -0.376 e. The van der Waals surface area contributed by atoms with E-state index in [0.717, 1.165) is 52.2 Å². The topological polar surface area (TPSA) is 32.8 Å². The Morgan fingerprint density at radius 1 is 1.30 bits per heavy atom. The number of carbonyl (C=O) groups is 1. The van der Waals surface area contributed by atoms with Gasteiger partial charge in [-0.1, -0.05) is 0 Å². The highest BCUT2D eigenvalue weighted by Gasteiger charge is 2.35. The van der Waals surface area contributed by atoms with Crippen LogP contribution in [0.15, 0.2) is 0 Å². The summed E-state index contributed by atoms with van der Waals surface area (Å²) in [5, 5.41) is 0. The first kappa shape index (κ1) is 16.1. The molecule has 0 saturated carbocycles. The molecule has 0 bridgehead atoms. The van der Waals surface area contributed by atoms with Gasteiger partial charge in [0.2, 0.25) is 5.91 Å². The monoisotopic (exact) mass is 300 g/mol. The van der Waals surface area contributed by atoms with Gasteiger partial charge in [0.05, 0.1) is 5.60 Å². The van der Waals surface area contributed by atoms with E-state index in [4.69, 9.17) is 4.74 Å². The van der Waals surface area contributed by atoms with Gasteiger partial charge in [-0.3, -0.25) is 9.69 Å². The molecule has 2 saturated heterocycles. The summed E-state index contributed by atoms with van der Waals surface area (Å²) in [6.45, 7) is 9.89. The fourth-order valence-electron chi connectivity index (χ4n) is 3.11. The van der Waals surface area contributed by atoms with E-state index in [2.05, 4.69) is 29.9 Å². The summed E-state index contributed by atoms with van der Waals surface area (Å²) in [6.07, 6.45) is 3.89. The Morgan fingerprint density at radius 2 is 2.00 bits per heavy atom. The fourth-order valence-corrected chi connectivity index (χ4v) is 3.55. The molecule has 4 nitrogen and oxygen atoms in total. The van der Waals surface area contributed by atoms with E-state index in [0.29, 0.717) is 5.91 Å². The minimum atomic E-state index is -0.140. The largest absolute Gasteiger partial charge is 0.376 e. The van der Waals surface area contributed by atoms with Gasteiger partial charge in [0.15, 0.2) is 0 Å². The summed E-state index contributed by atoms with van der Waals surface area (Å²) in [4.78, 5) is 17.1. The lowest BCUT2D eigenvalue weighted by Gasteiger charge is -2.40. The number of thioether (sulfide) groups is 1. The maximum atomic E-state index is 12.6. The number of rotatable bonds is 4. The van der Waals surface area contributed by atoms with Crippen molar-refractivity contribution in [1.82, 2.24) is 9.80 Å². The number of nitrogens with zero attached hydrogens (tertiary/aromatic N) is 2. The van der Waals surface area contributed by atoms with Crippen LogP contribution in [0.1, 0.15) is 26.7 Å². The summed E-state index contributed by atoms with van der Waals surface area (Å²) in [6, 6.07) is 0. The molecule has 2 aliphatic rings. The van der Waals surface area contributed by atoms with Gasteiger partial charge in [0, 0.05) is 51.0 Å². The number of carbonyl (C=O) groups excluding carboxylic acids is 1. The van der Waals surface area contributed by atoms with Crippen molar-refractivity contribution in [1.29, 1.82) is 0 Å². The zero-order valence-corrected chi connectivity index (χ0v) is 13.9. The van der Waals surface area contributed by atoms with Gasteiger partial charge >= 0.3 is 0 Å². The van der Waals surface area contributed by atoms with E-state index in [9.17, 15) is 4.79 Å². The predicted octanol–water partition coefficient (Wildman–Crippen LogP) is 1.70. The van der Waals surface area contributed by atoms with E-state index >= 15 is 0 Å². The third-order valence-corrected chi connectivity index (χ3v) is 4.93. The van der Waals surface area contributed by atoms with Crippen LogP contribution in [0.25, 0.3) is 0 Å². The lowest BCUT2D eigenvalue weighted by atomic mass is 9.87. The molecular weight excluding hydrogens is 272 g/mol. The molecule has 0 radical (unpaired) electrons. The molecule has 1 amide bonds. The Bertz CT molecular complexity index is 328. The van der Waals surface area contributed by atoms with Crippen LogP contribution in [0.5, 0.6) is 0 Å². The highest BCUT2D eigenvalue weighted by atomic mass is 32.2. The van der Waals surface area contributed by atoms with Crippen molar-refractivity contribution in [3.8, 4) is 0 Å². The predicted molar refractivity (Wildman–Crippen MR) is 84.2 cm³/mol. The van der Waals surface area contributed by atoms with Crippen molar-refractivity contribution in [3.05, 3.63) is 0 Å². The molecule has 2 rings (SSSR count). The highest BCUT2D eigenvalue weighted by molar-refractivity contribution is 7.98. The maximum absolute atomic E-state index is 12.6. The Balaban J connectivity index is 1.79. The van der Waals surface area contributed by atoms with Crippen molar-refractivity contribution < 1.29 is 9.53 Å². The number of hydrogen-bond acceptors (Lipinski definition) is 4. The first-order valence-corrected chi connectivity index (χ1v) is 9.05. The molecule has 0 spiro atoms. The van der Waals surface area contributed by atoms with Crippen LogP contribution < -0.4 is 0 Å². The molecular formula is C15H28N2O2S. The summed E-state index contributed by atoms with van der Waals surface area (Å²) >= 11 is 1.89. The lowest BCUT2D eigenvalue weighted by Crippen LogP contribution is -2.52. The maximum Gasteiger partial charge on any atom is 0.225 e. The Labute approximate surface area is 127 Å². The molecule has 0 aliphatic carbocycles. The van der Waals surface area contributed by atoms with Gasteiger partial charge in [0.25, 0.3) is 0 Å². The van der Waals surface area contributed by atoms with Gasteiger partial charge < -0.3 is 9.64 Å². The zero-order chi connectivity index (χ0) is 14.6. The molecule has 0 aromatic heterocycles. The number of hydrogen-bond donors (Lipinski definition) is 0. The van der Waals surface area contributed by atoms with E-state index in [-0.39, 0.29) is 11.5 Å². The van der Waals surface area contributed by atoms with Crippen molar-refractivity contribution in [2.24, 2.45) is 5.92 Å². The number of amides is 1. The molecule has 2 heterocycles. The molecule has 2 aliphatic heterocycles. The van der Waals surface area contributed by atoms with Crippen molar-refractivity contribution in [3.63, 3.8) is 0 Å². The van der Waals surface area contributed by atoms with Crippen LogP contribution in [0.4, 0.5) is 0 Å². The molecule has 0 aromatic rings. The van der Waals surface area contributed by atoms with E-state index in [1.165, 1.54) is 5.75 Å². The second kappa shape index (κ2) is 7.14. The molecule has 0 unspecified atom stereocenters. The second-order valence-electron chi connectivity index (χ2n) is 6.46. The van der Waals surface area contributed by atoms with Crippen molar-refractivity contribution >= 4 is 17.7 Å². The van der Waals surface area contributed by atoms with Crippen LogP contribution in [-0.2, 0) is 9.53 Å². The quantitative estimate of drug-likeness (QED) is 0.791. The van der Waals surface area contributed by atoms with Gasteiger partial charge in [0.1, 0.15) is 0 Å². The van der Waals surface area contributed by atoms with E-state index in [1.807, 2.05) is 11.8 Å². The summed E-state index contributed by atoms with van der Waals surface area (Å²) in [5.74, 6) is 1.70. The third-order valence-electron chi connectivity index (χ3n) is 4.34. The Kier molecular flexibility index (Phi) is 5.75. The highest BCUT2D eigenvalue weighted by Crippen LogP contribution is 2.30. The molecule has 0 N–H and O–H groups in total. The van der Waals surface area contributed by atoms with Crippen molar-refractivity contribution in [2.75, 3.05) is 51.3 Å². The van der Waals surface area contributed by atoms with Crippen LogP contribution >= 0.6 is 11.8 Å². The smallest absolute Gasteiger partial charge is 0.225 e. The fraction of sp³-hybridized carbons (Fsp3) is 0.933. The van der Waals surface area contributed by atoms with Crippen LogP contribution in [0.3, 0.4) is 0 Å². The van der Waals surface area contributed by atoms with E-state index < -0.39 is 0 Å². The van der Waals surface area contributed by atoms with Gasteiger partial charge in [-0.05, 0) is 32.9 Å². The van der Waals surface area contributed by atoms with E-state index in [1.54, 1.807) is 0 Å². The SMILES string of the molecule is CSCCN1CCN(C(=O)[C@H]2CCOC(C)(C)C2)CC1. The van der Waals surface area contributed by atoms with Gasteiger partial charge in [-0.2, -0.15) is 11.8 Å². The molecule has 5 heteroatoms. The molecule has 20 heavy (non-hydrogen) atoms. The van der Waals surface area contributed by atoms with Crippen molar-refractivity contribution in [2.45, 2.75) is 32.3 Å². The molecule has 0 aromatic carbocycles. The van der Waals surface area contributed by atoms with Crippen LogP contribution in [-0.4, -0.2) is 72.6 Å². The normalized spacial score (nSPS) is 27.6. The van der Waals surface area contributed by atoms with Gasteiger partial charge in [-0.25, -0.2) is 0 Å². The molecule has 1 atom stereocenters.